The maximum absolute atomic E-state index is 12.2. The average molecular weight is 326 g/mol. The molecule has 0 unspecified atom stereocenters. The Morgan fingerprint density at radius 1 is 1.58 bits per heavy atom. The van der Waals surface area contributed by atoms with Gasteiger partial charge in [-0.15, -0.1) is 23.7 Å². The molecule has 1 fully saturated rings. The number of sulfonamides is 1. The Labute approximate surface area is 122 Å². The highest BCUT2D eigenvalue weighted by molar-refractivity contribution is 7.91. The minimum atomic E-state index is -3.72. The van der Waals surface area contributed by atoms with Crippen molar-refractivity contribution >= 4 is 39.7 Å². The molecule has 19 heavy (non-hydrogen) atoms. The smallest absolute Gasteiger partial charge is 0.255 e. The molecule has 6 nitrogen and oxygen atoms in total. The van der Waals surface area contributed by atoms with E-state index in [0.717, 1.165) is 24.4 Å². The van der Waals surface area contributed by atoms with Gasteiger partial charge in [-0.05, 0) is 13.0 Å². The van der Waals surface area contributed by atoms with E-state index in [9.17, 15) is 13.2 Å². The summed E-state index contributed by atoms with van der Waals surface area (Å²) in [6.07, 6.45) is 0. The quantitative estimate of drug-likeness (QED) is 0.815. The standard InChI is InChI=1S/C10H15N3O3S2.ClH/c1-7-5-12-2-3-13(7)10(14)8-4-9(17-6-8)18(11,15)16;/h4,6-7,12H,2-3,5H2,1H3,(H2,11,15,16);1H/t7-;/m0./s1. The van der Waals surface area contributed by atoms with Gasteiger partial charge in [0.15, 0.2) is 0 Å². The molecular formula is C10H16ClN3O3S2. The number of hydrogen-bond donors (Lipinski definition) is 2. The van der Waals surface area contributed by atoms with Crippen LogP contribution in [0.4, 0.5) is 0 Å². The number of hydrogen-bond acceptors (Lipinski definition) is 5. The molecule has 1 aliphatic rings. The molecular weight excluding hydrogens is 310 g/mol. The highest BCUT2D eigenvalue weighted by Gasteiger charge is 2.25. The third-order valence-corrected chi connectivity index (χ3v) is 5.25. The molecule has 2 rings (SSSR count). The van der Waals surface area contributed by atoms with Crippen LogP contribution >= 0.6 is 23.7 Å². The summed E-state index contributed by atoms with van der Waals surface area (Å²) in [4.78, 5) is 14.0. The summed E-state index contributed by atoms with van der Waals surface area (Å²) in [6.45, 7) is 4.08. The Bertz CT molecular complexity index is 558. The van der Waals surface area contributed by atoms with Crippen molar-refractivity contribution in [3.8, 4) is 0 Å². The molecule has 0 aromatic carbocycles. The molecule has 0 aliphatic carbocycles. The normalized spacial score (nSPS) is 19.9. The number of carbonyl (C=O) groups excluding carboxylic acids is 1. The van der Waals surface area contributed by atoms with Gasteiger partial charge in [-0.3, -0.25) is 4.79 Å². The number of rotatable bonds is 2. The summed E-state index contributed by atoms with van der Waals surface area (Å²) >= 11 is 0.974. The van der Waals surface area contributed by atoms with Crippen LogP contribution in [0.3, 0.4) is 0 Å². The van der Waals surface area contributed by atoms with Crippen LogP contribution in [0.1, 0.15) is 17.3 Å². The SMILES string of the molecule is C[C@H]1CNCCN1C(=O)c1csc(S(N)(=O)=O)c1.Cl. The molecule has 108 valence electrons. The fraction of sp³-hybridized carbons (Fsp3) is 0.500. The van der Waals surface area contributed by atoms with Crippen LogP contribution in [-0.2, 0) is 10.0 Å². The maximum Gasteiger partial charge on any atom is 0.255 e. The Morgan fingerprint density at radius 3 is 2.79 bits per heavy atom. The van der Waals surface area contributed by atoms with E-state index in [1.165, 1.54) is 11.4 Å². The van der Waals surface area contributed by atoms with Gasteiger partial charge in [0.05, 0.1) is 5.56 Å². The molecule has 0 radical (unpaired) electrons. The minimum absolute atomic E-state index is 0. The van der Waals surface area contributed by atoms with E-state index < -0.39 is 10.0 Å². The molecule has 1 aromatic rings. The number of amides is 1. The van der Waals surface area contributed by atoms with Gasteiger partial charge in [0.25, 0.3) is 5.91 Å². The van der Waals surface area contributed by atoms with Crippen molar-refractivity contribution in [1.29, 1.82) is 0 Å². The topological polar surface area (TPSA) is 92.5 Å². The predicted octanol–water partition coefficient (Wildman–Crippen LogP) is 0.251. The molecule has 1 saturated heterocycles. The van der Waals surface area contributed by atoms with E-state index in [1.807, 2.05) is 6.92 Å². The number of carbonyl (C=O) groups is 1. The van der Waals surface area contributed by atoms with Gasteiger partial charge in [-0.1, -0.05) is 0 Å². The van der Waals surface area contributed by atoms with Crippen LogP contribution in [0.15, 0.2) is 15.7 Å². The van der Waals surface area contributed by atoms with Crippen molar-refractivity contribution in [3.63, 3.8) is 0 Å². The second-order valence-corrected chi connectivity index (χ2v) is 6.95. The molecule has 1 aliphatic heterocycles. The first-order valence-electron chi connectivity index (χ1n) is 5.52. The van der Waals surface area contributed by atoms with E-state index >= 15 is 0 Å². The van der Waals surface area contributed by atoms with Gasteiger partial charge in [0, 0.05) is 31.1 Å². The van der Waals surface area contributed by atoms with Crippen molar-refractivity contribution in [1.82, 2.24) is 10.2 Å². The second-order valence-electron chi connectivity index (χ2n) is 4.25. The largest absolute Gasteiger partial charge is 0.333 e. The molecule has 0 bridgehead atoms. The lowest BCUT2D eigenvalue weighted by atomic mass is 10.2. The van der Waals surface area contributed by atoms with Crippen molar-refractivity contribution < 1.29 is 13.2 Å². The van der Waals surface area contributed by atoms with Crippen LogP contribution in [0.25, 0.3) is 0 Å². The zero-order chi connectivity index (χ0) is 13.3. The van der Waals surface area contributed by atoms with Crippen LogP contribution in [0.5, 0.6) is 0 Å². The van der Waals surface area contributed by atoms with Gasteiger partial charge >= 0.3 is 0 Å². The number of nitrogens with zero attached hydrogens (tertiary/aromatic N) is 1. The summed E-state index contributed by atoms with van der Waals surface area (Å²) in [5, 5.41) is 9.76. The lowest BCUT2D eigenvalue weighted by Crippen LogP contribution is -2.52. The van der Waals surface area contributed by atoms with E-state index in [0.29, 0.717) is 12.1 Å². The summed E-state index contributed by atoms with van der Waals surface area (Å²) in [5.74, 6) is -0.143. The van der Waals surface area contributed by atoms with E-state index in [4.69, 9.17) is 5.14 Å². The average Bonchev–Trinajstić information content (AvgIpc) is 2.77. The second kappa shape index (κ2) is 6.19. The first-order valence-corrected chi connectivity index (χ1v) is 7.95. The summed E-state index contributed by atoms with van der Waals surface area (Å²) in [7, 11) is -3.72. The van der Waals surface area contributed by atoms with Crippen molar-refractivity contribution in [2.24, 2.45) is 5.14 Å². The first kappa shape index (κ1) is 16.4. The zero-order valence-electron chi connectivity index (χ0n) is 10.3. The Morgan fingerprint density at radius 2 is 2.26 bits per heavy atom. The molecule has 3 N–H and O–H groups in total. The lowest BCUT2D eigenvalue weighted by molar-refractivity contribution is 0.0656. The van der Waals surface area contributed by atoms with E-state index in [1.54, 1.807) is 4.90 Å². The molecule has 0 spiro atoms. The number of primary sulfonamides is 1. The van der Waals surface area contributed by atoms with Gasteiger partial charge < -0.3 is 10.2 Å². The number of piperazine rings is 1. The predicted molar refractivity (Wildman–Crippen MR) is 76.3 cm³/mol. The van der Waals surface area contributed by atoms with Crippen LogP contribution in [0, 0.1) is 0 Å². The third-order valence-electron chi connectivity index (χ3n) is 2.86. The number of nitrogens with one attached hydrogen (secondary N) is 1. The third kappa shape index (κ3) is 3.67. The summed E-state index contributed by atoms with van der Waals surface area (Å²) in [6, 6.07) is 1.45. The van der Waals surface area contributed by atoms with Crippen LogP contribution in [-0.4, -0.2) is 44.9 Å². The molecule has 1 amide bonds. The molecule has 9 heteroatoms. The van der Waals surface area contributed by atoms with Crippen LogP contribution < -0.4 is 10.5 Å². The van der Waals surface area contributed by atoms with Crippen LogP contribution in [0.2, 0.25) is 0 Å². The Hall–Kier alpha value is -0.670. The van der Waals surface area contributed by atoms with Crippen molar-refractivity contribution in [3.05, 3.63) is 17.0 Å². The van der Waals surface area contributed by atoms with Gasteiger partial charge in [0.1, 0.15) is 4.21 Å². The van der Waals surface area contributed by atoms with E-state index in [-0.39, 0.29) is 28.6 Å². The van der Waals surface area contributed by atoms with Gasteiger partial charge in [0.2, 0.25) is 10.0 Å². The summed E-state index contributed by atoms with van der Waals surface area (Å²) < 4.78 is 22.3. The van der Waals surface area contributed by atoms with Gasteiger partial charge in [-0.2, -0.15) is 0 Å². The number of thiophene rings is 1. The highest BCUT2D eigenvalue weighted by atomic mass is 35.5. The minimum Gasteiger partial charge on any atom is -0.333 e. The lowest BCUT2D eigenvalue weighted by Gasteiger charge is -2.33. The molecule has 2 heterocycles. The summed E-state index contributed by atoms with van der Waals surface area (Å²) in [5.41, 5.74) is 0.387. The van der Waals surface area contributed by atoms with Crippen molar-refractivity contribution in [2.45, 2.75) is 17.2 Å². The zero-order valence-corrected chi connectivity index (χ0v) is 12.8. The Kier molecular flexibility index (Phi) is 5.34. The fourth-order valence-electron chi connectivity index (χ4n) is 1.89. The highest BCUT2D eigenvalue weighted by Crippen LogP contribution is 2.21. The number of halogens is 1. The molecule has 1 aromatic heterocycles. The maximum atomic E-state index is 12.2. The molecule has 1 atom stereocenters. The molecule has 0 saturated carbocycles. The number of nitrogens with two attached hydrogens (primary N) is 1. The first-order chi connectivity index (χ1) is 8.39. The van der Waals surface area contributed by atoms with Gasteiger partial charge in [-0.25, -0.2) is 13.6 Å². The van der Waals surface area contributed by atoms with E-state index in [2.05, 4.69) is 5.32 Å². The fourth-order valence-corrected chi connectivity index (χ4v) is 3.47. The monoisotopic (exact) mass is 325 g/mol. The van der Waals surface area contributed by atoms with Crippen molar-refractivity contribution in [2.75, 3.05) is 19.6 Å². The Balaban J connectivity index is 0.00000180.